The molecule has 0 unspecified atom stereocenters. The van der Waals surface area contributed by atoms with E-state index in [1.54, 1.807) is 54.6 Å². The number of nitrogens with one attached hydrogen (secondary N) is 1. The van der Waals surface area contributed by atoms with E-state index >= 15 is 0 Å². The van der Waals surface area contributed by atoms with Gasteiger partial charge in [-0.3, -0.25) is 4.79 Å². The van der Waals surface area contributed by atoms with Gasteiger partial charge < -0.3 is 15.5 Å². The Hall–Kier alpha value is -2.92. The van der Waals surface area contributed by atoms with Crippen LogP contribution in [0.5, 0.6) is 0 Å². The highest BCUT2D eigenvalue weighted by atomic mass is 16.4. The molecule has 2 aromatic rings. The first-order valence-electron chi connectivity index (χ1n) is 6.62. The van der Waals surface area contributed by atoms with Crippen molar-refractivity contribution in [3.63, 3.8) is 0 Å². The van der Waals surface area contributed by atoms with Gasteiger partial charge in [0.15, 0.2) is 5.78 Å². The number of aliphatic carboxylic acids is 1. The molecule has 0 fully saturated rings. The third kappa shape index (κ3) is 3.80. The second-order valence-corrected chi connectivity index (χ2v) is 4.53. The molecule has 22 heavy (non-hydrogen) atoms. The first-order chi connectivity index (χ1) is 10.6. The van der Waals surface area contributed by atoms with Gasteiger partial charge in [-0.05, 0) is 6.07 Å². The van der Waals surface area contributed by atoms with Crippen molar-refractivity contribution in [2.24, 2.45) is 0 Å². The summed E-state index contributed by atoms with van der Waals surface area (Å²) < 4.78 is 0. The highest BCUT2D eigenvalue weighted by molar-refractivity contribution is 6.09. The minimum absolute atomic E-state index is 0.233. The Labute approximate surface area is 127 Å². The quantitative estimate of drug-likeness (QED) is 0.563. The summed E-state index contributed by atoms with van der Waals surface area (Å²) in [6.45, 7) is -0.233. The van der Waals surface area contributed by atoms with E-state index < -0.39 is 11.8 Å². The summed E-state index contributed by atoms with van der Waals surface area (Å²) in [6, 6.07) is 15.1. The number of hydrogen-bond donors (Lipinski definition) is 3. The molecule has 0 aromatic heterocycles. The van der Waals surface area contributed by atoms with Crippen molar-refractivity contribution in [3.05, 3.63) is 77.5 Å². The molecule has 0 bridgehead atoms. The monoisotopic (exact) mass is 297 g/mol. The third-order valence-electron chi connectivity index (χ3n) is 3.02. The molecule has 112 valence electrons. The van der Waals surface area contributed by atoms with Gasteiger partial charge in [-0.25, -0.2) is 4.79 Å². The number of carbonyl (C=O) groups excluding carboxylic acids is 1. The largest absolute Gasteiger partial charge is 0.477 e. The van der Waals surface area contributed by atoms with Gasteiger partial charge in [0.2, 0.25) is 0 Å². The van der Waals surface area contributed by atoms with Gasteiger partial charge in [-0.2, -0.15) is 0 Å². The first kappa shape index (κ1) is 15.5. The lowest BCUT2D eigenvalue weighted by molar-refractivity contribution is -0.132. The average Bonchev–Trinajstić information content (AvgIpc) is 2.55. The maximum atomic E-state index is 12.1. The molecule has 0 atom stereocenters. The average molecular weight is 297 g/mol. The fourth-order valence-electron chi connectivity index (χ4n) is 1.89. The van der Waals surface area contributed by atoms with Crippen molar-refractivity contribution < 1.29 is 19.8 Å². The smallest absolute Gasteiger partial charge is 0.352 e. The summed E-state index contributed by atoms with van der Waals surface area (Å²) in [4.78, 5) is 23.4. The van der Waals surface area contributed by atoms with Crippen LogP contribution in [0, 0.1) is 0 Å². The van der Waals surface area contributed by atoms with Crippen LogP contribution in [0.2, 0.25) is 0 Å². The number of carboxylic acid groups (broad SMARTS) is 1. The van der Waals surface area contributed by atoms with Crippen LogP contribution in [0.3, 0.4) is 0 Å². The van der Waals surface area contributed by atoms with E-state index in [-0.39, 0.29) is 12.3 Å². The van der Waals surface area contributed by atoms with Gasteiger partial charge in [-0.15, -0.1) is 0 Å². The molecule has 5 nitrogen and oxygen atoms in total. The SMILES string of the molecule is O=C(O)C(=CC(=O)c1ccccc1)Nc1ccccc1CO. The molecule has 5 heteroatoms. The normalized spacial score (nSPS) is 11.0. The van der Waals surface area contributed by atoms with E-state index in [4.69, 9.17) is 0 Å². The molecular weight excluding hydrogens is 282 g/mol. The van der Waals surface area contributed by atoms with E-state index in [1.807, 2.05) is 0 Å². The maximum Gasteiger partial charge on any atom is 0.352 e. The van der Waals surface area contributed by atoms with E-state index in [1.165, 1.54) is 0 Å². The second-order valence-electron chi connectivity index (χ2n) is 4.53. The second kappa shape index (κ2) is 7.19. The summed E-state index contributed by atoms with van der Waals surface area (Å²) in [5.41, 5.74) is 1.13. The molecule has 0 aliphatic heterocycles. The minimum Gasteiger partial charge on any atom is -0.477 e. The zero-order chi connectivity index (χ0) is 15.9. The Morgan fingerprint density at radius 3 is 2.27 bits per heavy atom. The van der Waals surface area contributed by atoms with Crippen molar-refractivity contribution in [2.45, 2.75) is 6.61 Å². The number of allylic oxidation sites excluding steroid dienone is 1. The molecule has 2 rings (SSSR count). The summed E-state index contributed by atoms with van der Waals surface area (Å²) >= 11 is 0. The molecule has 2 aromatic carbocycles. The van der Waals surface area contributed by atoms with Crippen molar-refractivity contribution in [1.29, 1.82) is 0 Å². The van der Waals surface area contributed by atoms with Crippen LogP contribution in [0.1, 0.15) is 15.9 Å². The zero-order valence-corrected chi connectivity index (χ0v) is 11.7. The summed E-state index contributed by atoms with van der Waals surface area (Å²) in [7, 11) is 0. The Kier molecular flexibility index (Phi) is 5.06. The number of para-hydroxylation sites is 1. The predicted molar refractivity (Wildman–Crippen MR) is 82.5 cm³/mol. The van der Waals surface area contributed by atoms with Gasteiger partial charge in [0.1, 0.15) is 5.70 Å². The molecule has 0 aliphatic rings. The maximum absolute atomic E-state index is 12.1. The number of hydrogen-bond acceptors (Lipinski definition) is 4. The Morgan fingerprint density at radius 1 is 1.00 bits per heavy atom. The summed E-state index contributed by atoms with van der Waals surface area (Å²) in [5, 5.41) is 21.2. The molecule has 0 heterocycles. The van der Waals surface area contributed by atoms with Crippen molar-refractivity contribution >= 4 is 17.4 Å². The standard InChI is InChI=1S/C17H15NO4/c19-11-13-8-4-5-9-14(13)18-15(17(21)22)10-16(20)12-6-2-1-3-7-12/h1-10,18-19H,11H2,(H,21,22). The van der Waals surface area contributed by atoms with Crippen LogP contribution in [0.15, 0.2) is 66.4 Å². The Balaban J connectivity index is 2.29. The topological polar surface area (TPSA) is 86.6 Å². The highest BCUT2D eigenvalue weighted by Crippen LogP contribution is 2.17. The number of anilines is 1. The van der Waals surface area contributed by atoms with Crippen molar-refractivity contribution in [2.75, 3.05) is 5.32 Å². The van der Waals surface area contributed by atoms with E-state index in [0.29, 0.717) is 16.8 Å². The summed E-state index contributed by atoms with van der Waals surface area (Å²) in [6.07, 6.45) is 1.03. The molecule has 0 aliphatic carbocycles. The first-order valence-corrected chi connectivity index (χ1v) is 6.62. The Morgan fingerprint density at radius 2 is 1.64 bits per heavy atom. The fraction of sp³-hybridized carbons (Fsp3) is 0.0588. The van der Waals surface area contributed by atoms with E-state index in [0.717, 1.165) is 6.08 Å². The number of benzene rings is 2. The Bertz CT molecular complexity index is 708. The molecule has 0 radical (unpaired) electrons. The van der Waals surface area contributed by atoms with Crippen LogP contribution in [-0.2, 0) is 11.4 Å². The number of aliphatic hydroxyl groups is 1. The van der Waals surface area contributed by atoms with Crippen LogP contribution in [0.25, 0.3) is 0 Å². The molecular formula is C17H15NO4. The number of carbonyl (C=O) groups is 2. The van der Waals surface area contributed by atoms with Gasteiger partial charge >= 0.3 is 5.97 Å². The highest BCUT2D eigenvalue weighted by Gasteiger charge is 2.13. The number of rotatable bonds is 6. The van der Waals surface area contributed by atoms with Gasteiger partial charge in [-0.1, -0.05) is 48.5 Å². The molecule has 0 saturated heterocycles. The summed E-state index contributed by atoms with van der Waals surface area (Å²) in [5.74, 6) is -1.66. The molecule has 0 spiro atoms. The van der Waals surface area contributed by atoms with Crippen LogP contribution >= 0.6 is 0 Å². The van der Waals surface area contributed by atoms with Crippen LogP contribution < -0.4 is 5.32 Å². The minimum atomic E-state index is -1.25. The molecule has 3 N–H and O–H groups in total. The number of carboxylic acids is 1. The van der Waals surface area contributed by atoms with Gasteiger partial charge in [0.05, 0.1) is 6.61 Å². The lowest BCUT2D eigenvalue weighted by Gasteiger charge is -2.10. The van der Waals surface area contributed by atoms with Gasteiger partial charge in [0.25, 0.3) is 0 Å². The fourth-order valence-corrected chi connectivity index (χ4v) is 1.89. The molecule has 0 saturated carbocycles. The predicted octanol–water partition coefficient (Wildman–Crippen LogP) is 2.44. The number of aliphatic hydroxyl groups excluding tert-OH is 1. The van der Waals surface area contributed by atoms with Gasteiger partial charge in [0, 0.05) is 22.9 Å². The zero-order valence-electron chi connectivity index (χ0n) is 11.7. The van der Waals surface area contributed by atoms with Crippen LogP contribution in [-0.4, -0.2) is 22.0 Å². The third-order valence-corrected chi connectivity index (χ3v) is 3.02. The lowest BCUT2D eigenvalue weighted by atomic mass is 10.1. The van der Waals surface area contributed by atoms with Crippen molar-refractivity contribution in [1.82, 2.24) is 0 Å². The molecule has 0 amide bonds. The van der Waals surface area contributed by atoms with E-state index in [2.05, 4.69) is 5.32 Å². The lowest BCUT2D eigenvalue weighted by Crippen LogP contribution is -2.14. The van der Waals surface area contributed by atoms with Crippen molar-refractivity contribution in [3.8, 4) is 0 Å². The van der Waals surface area contributed by atoms with E-state index in [9.17, 15) is 19.8 Å². The number of ketones is 1. The van der Waals surface area contributed by atoms with Crippen LogP contribution in [0.4, 0.5) is 5.69 Å².